The van der Waals surface area contributed by atoms with E-state index in [-0.39, 0.29) is 91.4 Å². The van der Waals surface area contributed by atoms with Crippen molar-refractivity contribution >= 4 is 51.2 Å². The highest BCUT2D eigenvalue weighted by atomic mass is 31.2. The van der Waals surface area contributed by atoms with Gasteiger partial charge in [0, 0.05) is 53.6 Å². The van der Waals surface area contributed by atoms with Gasteiger partial charge in [-0.1, -0.05) is 12.2 Å². The summed E-state index contributed by atoms with van der Waals surface area (Å²) in [7, 11) is -8.46. The van der Waals surface area contributed by atoms with Crippen LogP contribution in [0.3, 0.4) is 0 Å². The molecule has 0 saturated heterocycles. The van der Waals surface area contributed by atoms with Gasteiger partial charge in [-0.25, -0.2) is 9.13 Å². The number of carbonyl (C=O) groups is 6. The summed E-state index contributed by atoms with van der Waals surface area (Å²) >= 11 is 0. The summed E-state index contributed by atoms with van der Waals surface area (Å²) in [6.07, 6.45) is 2.04. The lowest BCUT2D eigenvalue weighted by atomic mass is 10.3. The molecule has 2 unspecified atom stereocenters. The fourth-order valence-corrected chi connectivity index (χ4v) is 6.69. The zero-order chi connectivity index (χ0) is 44.7. The van der Waals surface area contributed by atoms with Gasteiger partial charge in [-0.15, -0.1) is 13.2 Å². The number of ether oxygens (including phenoxy) is 4. The Bertz CT molecular complexity index is 1320. The maximum absolute atomic E-state index is 13.2. The molecule has 22 nitrogen and oxygen atoms in total. The number of esters is 2. The predicted molar refractivity (Wildman–Crippen MR) is 210 cm³/mol. The number of carbonyl (C=O) groups excluding carboxylic acids is 6. The van der Waals surface area contributed by atoms with Gasteiger partial charge in [0.2, 0.25) is 23.6 Å². The summed E-state index contributed by atoms with van der Waals surface area (Å²) in [5, 5.41) is 10.1. The van der Waals surface area contributed by atoms with Crippen LogP contribution in [0.2, 0.25) is 0 Å². The lowest BCUT2D eigenvalue weighted by Crippen LogP contribution is -2.40. The molecular weight excluding hydrogens is 826 g/mol. The van der Waals surface area contributed by atoms with E-state index < -0.39 is 69.7 Å². The van der Waals surface area contributed by atoms with Crippen LogP contribution in [0.1, 0.15) is 60.8 Å². The van der Waals surface area contributed by atoms with Crippen LogP contribution in [0, 0.1) is 0 Å². The minimum atomic E-state index is -4.23. The highest BCUT2D eigenvalue weighted by molar-refractivity contribution is 7.48. The van der Waals surface area contributed by atoms with Gasteiger partial charge in [0.1, 0.15) is 18.6 Å². The Kier molecular flexibility index (Phi) is 30.3. The van der Waals surface area contributed by atoms with Crippen LogP contribution in [0.4, 0.5) is 0 Å². The number of nitrogens with one attached hydrogen (secondary N) is 4. The van der Waals surface area contributed by atoms with Crippen LogP contribution in [-0.2, 0) is 84.0 Å². The Hall–Kier alpha value is -3.56. The molecule has 0 bridgehead atoms. The van der Waals surface area contributed by atoms with Gasteiger partial charge in [-0.3, -0.25) is 55.9 Å². The predicted octanol–water partition coefficient (Wildman–Crippen LogP) is 2.02. The topological polar surface area (TPSA) is 277 Å². The largest absolute Gasteiger partial charge is 0.475 e. The standard InChI is InChI=1S/C35H62N4O18P2/c1-9-15-50-58(46,54-24-32(38-28(5)40)22-48-17-11-26(3)56-30(7)42)52-19-13-36-34(44)21-35(45)37-14-20-53-59(47,51-16-10-2)55-25-33(39-29(6)41)23-49-18-12-27(4)57-31(8)43/h9-10,26-27,32-33H,1-2,11-25H2,3-8H3,(H,36,44)(H,37,45)(H,38,40)(H,39,41)/t26-,27-,32-,33-,58?,59?/m1/s1. The molecule has 0 aliphatic heterocycles. The quantitative estimate of drug-likeness (QED) is 0.0230. The Morgan fingerprint density at radius 2 is 0.932 bits per heavy atom. The molecule has 0 aromatic heterocycles. The van der Waals surface area contributed by atoms with Gasteiger partial charge in [-0.2, -0.15) is 0 Å². The SMILES string of the molecule is C=CCOP(=O)(OCCNC(=O)CC(=O)NCCOP(=O)(OCC=C)OC[C@@H](COCC[C@@H](C)OC(C)=O)NC(C)=O)OC[C@@H](COCC[C@@H](C)OC(C)=O)NC(C)=O. The van der Waals surface area contributed by atoms with Crippen molar-refractivity contribution in [2.45, 2.75) is 85.1 Å². The molecule has 4 N–H and O–H groups in total. The molecule has 0 aliphatic rings. The zero-order valence-corrected chi connectivity index (χ0v) is 36.5. The Balaban J connectivity index is 4.86. The molecule has 0 aliphatic carbocycles. The van der Waals surface area contributed by atoms with Gasteiger partial charge in [0.25, 0.3) is 0 Å². The molecule has 340 valence electrons. The van der Waals surface area contributed by atoms with E-state index >= 15 is 0 Å². The Morgan fingerprint density at radius 1 is 0.559 bits per heavy atom. The van der Waals surface area contributed by atoms with Gasteiger partial charge < -0.3 is 40.2 Å². The van der Waals surface area contributed by atoms with Crippen LogP contribution >= 0.6 is 15.6 Å². The number of hydrogen-bond donors (Lipinski definition) is 4. The van der Waals surface area contributed by atoms with Crippen molar-refractivity contribution in [1.82, 2.24) is 21.3 Å². The van der Waals surface area contributed by atoms with Crippen molar-refractivity contribution in [3.63, 3.8) is 0 Å². The number of phosphoric ester groups is 2. The highest BCUT2D eigenvalue weighted by Gasteiger charge is 2.30. The molecule has 0 fully saturated rings. The zero-order valence-electron chi connectivity index (χ0n) is 34.7. The van der Waals surface area contributed by atoms with E-state index in [0.29, 0.717) is 12.8 Å². The molecule has 24 heteroatoms. The van der Waals surface area contributed by atoms with Crippen LogP contribution in [0.25, 0.3) is 0 Å². The molecule has 0 spiro atoms. The van der Waals surface area contributed by atoms with Gasteiger partial charge in [0.15, 0.2) is 0 Å². The molecule has 0 aromatic carbocycles. The number of rotatable bonds is 36. The molecule has 0 heterocycles. The maximum Gasteiger partial charge on any atom is 0.475 e. The third kappa shape index (κ3) is 32.0. The van der Waals surface area contributed by atoms with Crippen LogP contribution in [-0.4, -0.2) is 139 Å². The van der Waals surface area contributed by atoms with Crippen molar-refractivity contribution in [3.8, 4) is 0 Å². The van der Waals surface area contributed by atoms with E-state index in [1.165, 1.54) is 39.8 Å². The van der Waals surface area contributed by atoms with Gasteiger partial charge in [0.05, 0.1) is 78.2 Å². The second kappa shape index (κ2) is 32.2. The summed E-state index contributed by atoms with van der Waals surface area (Å²) < 4.78 is 79.4. The molecule has 0 aromatic rings. The van der Waals surface area contributed by atoms with E-state index in [4.69, 9.17) is 46.1 Å². The third-order valence-electron chi connectivity index (χ3n) is 6.76. The first kappa shape index (κ1) is 55.4. The van der Waals surface area contributed by atoms with E-state index in [2.05, 4.69) is 34.4 Å². The van der Waals surface area contributed by atoms with Crippen molar-refractivity contribution in [2.24, 2.45) is 0 Å². The highest BCUT2D eigenvalue weighted by Crippen LogP contribution is 2.50. The van der Waals surface area contributed by atoms with Gasteiger partial charge in [-0.05, 0) is 13.8 Å². The normalized spacial score (nSPS) is 15.2. The van der Waals surface area contributed by atoms with Crippen molar-refractivity contribution in [2.75, 3.05) is 79.2 Å². The van der Waals surface area contributed by atoms with E-state index in [0.717, 1.165) is 0 Å². The number of phosphoric acid groups is 2. The molecular formula is C35H62N4O18P2. The van der Waals surface area contributed by atoms with Crippen molar-refractivity contribution in [1.29, 1.82) is 0 Å². The molecule has 0 saturated carbocycles. The summed E-state index contributed by atoms with van der Waals surface area (Å²) in [5.74, 6) is -3.08. The third-order valence-corrected chi connectivity index (χ3v) is 9.62. The number of amides is 4. The second-order valence-electron chi connectivity index (χ2n) is 12.6. The lowest BCUT2D eigenvalue weighted by Gasteiger charge is -2.22. The fourth-order valence-electron chi connectivity index (χ4n) is 4.31. The van der Waals surface area contributed by atoms with E-state index in [1.54, 1.807) is 13.8 Å². The fraction of sp³-hybridized carbons (Fsp3) is 0.714. The summed E-state index contributed by atoms with van der Waals surface area (Å²) in [5.41, 5.74) is 0. The molecule has 0 rings (SSSR count). The summed E-state index contributed by atoms with van der Waals surface area (Å²) in [4.78, 5) is 70.3. The van der Waals surface area contributed by atoms with Crippen molar-refractivity contribution in [3.05, 3.63) is 25.3 Å². The summed E-state index contributed by atoms with van der Waals surface area (Å²) in [6.45, 7) is 13.7. The van der Waals surface area contributed by atoms with E-state index in [1.807, 2.05) is 0 Å². The monoisotopic (exact) mass is 888 g/mol. The summed E-state index contributed by atoms with van der Waals surface area (Å²) in [6, 6.07) is -1.50. The average Bonchev–Trinajstić information content (AvgIpc) is 3.14. The number of hydrogen-bond acceptors (Lipinski definition) is 18. The first-order valence-electron chi connectivity index (χ1n) is 18.7. The molecule has 4 amide bonds. The van der Waals surface area contributed by atoms with Crippen molar-refractivity contribution < 1.29 is 84.0 Å². The molecule has 0 radical (unpaired) electrons. The van der Waals surface area contributed by atoms with E-state index in [9.17, 15) is 37.9 Å². The lowest BCUT2D eigenvalue weighted by molar-refractivity contribution is -0.147. The first-order chi connectivity index (χ1) is 27.8. The minimum Gasteiger partial charge on any atom is -0.463 e. The smallest absolute Gasteiger partial charge is 0.463 e. The average molecular weight is 889 g/mol. The Labute approximate surface area is 345 Å². The van der Waals surface area contributed by atoms with Crippen LogP contribution in [0.5, 0.6) is 0 Å². The second-order valence-corrected chi connectivity index (χ2v) is 15.9. The minimum absolute atomic E-state index is 0.0347. The maximum atomic E-state index is 13.2. The van der Waals surface area contributed by atoms with Crippen LogP contribution < -0.4 is 21.3 Å². The first-order valence-corrected chi connectivity index (χ1v) is 21.6. The molecule has 59 heavy (non-hydrogen) atoms. The van der Waals surface area contributed by atoms with Gasteiger partial charge >= 0.3 is 27.6 Å². The molecule has 6 atom stereocenters. The van der Waals surface area contributed by atoms with Crippen LogP contribution in [0.15, 0.2) is 25.3 Å². The Morgan fingerprint density at radius 3 is 1.25 bits per heavy atom.